The summed E-state index contributed by atoms with van der Waals surface area (Å²) >= 11 is 0. The standard InChI is InChI=1S/C35H52FN5O6/c1-23-8-6-14-37-31(43)11-10-24(2)33(25(3)21-40-16-12-27(13-17-40)39(4)5)47-35(45)30-9-7-15-41(30)34(44)29-22-46-32(38-29)20-26(36)19-28(42)18-23/h6,8,10-11,18,22,24-28,30,33,42H,7,9,12-17,19-21H2,1-5H3,(H,37,43)/b8-6?,11-10+,23-18?/t24-,25+,26-,28-,30-,33+/m1/s1. The zero-order chi connectivity index (χ0) is 34.1. The lowest BCUT2D eigenvalue weighted by atomic mass is 9.91. The first-order valence-electron chi connectivity index (χ1n) is 16.9. The van der Waals surface area contributed by atoms with Crippen LogP contribution in [0.15, 0.2) is 46.6 Å². The van der Waals surface area contributed by atoms with Crippen LogP contribution < -0.4 is 5.32 Å². The lowest BCUT2D eigenvalue weighted by molar-refractivity contribution is -0.158. The van der Waals surface area contributed by atoms with Gasteiger partial charge in [0, 0.05) is 43.9 Å². The van der Waals surface area contributed by atoms with Crippen molar-refractivity contribution in [2.45, 2.75) is 89.8 Å². The van der Waals surface area contributed by atoms with Gasteiger partial charge in [-0.25, -0.2) is 14.2 Å². The van der Waals surface area contributed by atoms with Gasteiger partial charge in [-0.2, -0.15) is 0 Å². The number of allylic oxidation sites excluding steroid dienone is 2. The Labute approximate surface area is 277 Å². The first-order chi connectivity index (χ1) is 22.4. The Kier molecular flexibility index (Phi) is 13.3. The third-order valence-electron chi connectivity index (χ3n) is 9.40. The lowest BCUT2D eigenvalue weighted by Crippen LogP contribution is -2.47. The average molecular weight is 658 g/mol. The van der Waals surface area contributed by atoms with E-state index < -0.39 is 36.3 Å². The van der Waals surface area contributed by atoms with Crippen LogP contribution >= 0.6 is 0 Å². The van der Waals surface area contributed by atoms with E-state index in [0.717, 1.165) is 38.0 Å². The molecule has 12 heteroatoms. The summed E-state index contributed by atoms with van der Waals surface area (Å²) in [5, 5.41) is 13.2. The fraction of sp³-hybridized carbons (Fsp3) is 0.657. The van der Waals surface area contributed by atoms with Crippen molar-refractivity contribution in [2.24, 2.45) is 11.8 Å². The van der Waals surface area contributed by atoms with E-state index in [-0.39, 0.29) is 48.7 Å². The number of esters is 1. The van der Waals surface area contributed by atoms with Gasteiger partial charge < -0.3 is 34.3 Å². The normalized spacial score (nSPS) is 29.6. The summed E-state index contributed by atoms with van der Waals surface area (Å²) in [5.41, 5.74) is 0.718. The minimum atomic E-state index is -1.46. The summed E-state index contributed by atoms with van der Waals surface area (Å²) in [4.78, 5) is 50.2. The fourth-order valence-electron chi connectivity index (χ4n) is 6.76. The van der Waals surface area contributed by atoms with Crippen molar-refractivity contribution < 1.29 is 33.0 Å². The van der Waals surface area contributed by atoms with E-state index in [4.69, 9.17) is 9.15 Å². The lowest BCUT2D eigenvalue weighted by Gasteiger charge is -2.38. The van der Waals surface area contributed by atoms with Crippen LogP contribution in [0.2, 0.25) is 0 Å². The number of ether oxygens (including phenoxy) is 1. The molecule has 0 radical (unpaired) electrons. The molecule has 6 atom stereocenters. The molecule has 2 bridgehead atoms. The second-order valence-corrected chi connectivity index (χ2v) is 13.5. The summed E-state index contributed by atoms with van der Waals surface area (Å²) in [6.07, 6.45) is 9.27. The summed E-state index contributed by atoms with van der Waals surface area (Å²) in [7, 11) is 4.22. The van der Waals surface area contributed by atoms with E-state index in [0.29, 0.717) is 25.4 Å². The van der Waals surface area contributed by atoms with E-state index >= 15 is 0 Å². The third-order valence-corrected chi connectivity index (χ3v) is 9.40. The Bertz CT molecular complexity index is 1300. The molecular formula is C35H52FN5O6. The van der Waals surface area contributed by atoms with E-state index in [1.54, 1.807) is 31.2 Å². The summed E-state index contributed by atoms with van der Waals surface area (Å²) < 4.78 is 26.5. The number of carbonyl (C=O) groups is 3. The molecule has 0 spiro atoms. The maximum absolute atomic E-state index is 14.8. The molecule has 0 saturated carbocycles. The minimum Gasteiger partial charge on any atom is -0.460 e. The number of aromatic nitrogens is 1. The molecule has 2 fully saturated rings. The highest BCUT2D eigenvalue weighted by Gasteiger charge is 2.39. The minimum absolute atomic E-state index is 0.0000706. The Hall–Kier alpha value is -3.35. The Balaban J connectivity index is 1.55. The number of amides is 2. The maximum atomic E-state index is 14.8. The first-order valence-corrected chi connectivity index (χ1v) is 16.9. The zero-order valence-corrected chi connectivity index (χ0v) is 28.4. The summed E-state index contributed by atoms with van der Waals surface area (Å²) in [6, 6.07) is -0.241. The van der Waals surface area contributed by atoms with Gasteiger partial charge in [0.2, 0.25) is 5.91 Å². The predicted octanol–water partition coefficient (Wildman–Crippen LogP) is 3.31. The number of piperidine rings is 1. The molecule has 3 aliphatic heterocycles. The maximum Gasteiger partial charge on any atom is 0.329 e. The van der Waals surface area contributed by atoms with Crippen LogP contribution in [0.1, 0.15) is 69.3 Å². The quantitative estimate of drug-likeness (QED) is 0.469. The van der Waals surface area contributed by atoms with Gasteiger partial charge in [-0.3, -0.25) is 9.59 Å². The van der Waals surface area contributed by atoms with Gasteiger partial charge in [-0.1, -0.05) is 43.7 Å². The number of hydrogen-bond donors (Lipinski definition) is 2. The molecule has 0 unspecified atom stereocenters. The van der Waals surface area contributed by atoms with Crippen LogP contribution in [0, 0.1) is 11.8 Å². The molecule has 4 heterocycles. The van der Waals surface area contributed by atoms with Crippen molar-refractivity contribution in [3.05, 3.63) is 53.8 Å². The highest BCUT2D eigenvalue weighted by molar-refractivity contribution is 5.95. The highest BCUT2D eigenvalue weighted by atomic mass is 19.1. The van der Waals surface area contributed by atoms with Crippen LogP contribution in [0.4, 0.5) is 4.39 Å². The molecule has 0 aromatic carbocycles. The second kappa shape index (κ2) is 17.2. The number of hydrogen-bond acceptors (Lipinski definition) is 9. The predicted molar refractivity (Wildman–Crippen MR) is 176 cm³/mol. The van der Waals surface area contributed by atoms with Gasteiger partial charge in [-0.05, 0) is 65.9 Å². The van der Waals surface area contributed by atoms with Crippen LogP contribution in [0.25, 0.3) is 0 Å². The van der Waals surface area contributed by atoms with Crippen LogP contribution in [-0.4, -0.2) is 120 Å². The molecule has 2 saturated heterocycles. The molecule has 1 aromatic rings. The van der Waals surface area contributed by atoms with Crippen molar-refractivity contribution >= 4 is 17.8 Å². The molecule has 4 rings (SSSR count). The number of nitrogens with zero attached hydrogens (tertiary/aromatic N) is 4. The zero-order valence-electron chi connectivity index (χ0n) is 28.4. The number of aliphatic hydroxyl groups excluding tert-OH is 1. The Morgan fingerprint density at radius 1 is 1.15 bits per heavy atom. The van der Waals surface area contributed by atoms with E-state index in [1.807, 2.05) is 6.92 Å². The van der Waals surface area contributed by atoms with Gasteiger partial charge in [0.1, 0.15) is 24.6 Å². The Morgan fingerprint density at radius 3 is 2.62 bits per heavy atom. The SMILES string of the molecule is CC1=C[C@@H](O)C[C@@H](F)Cc2nc(co2)C(=O)N2CCC[C@@H]2C(=O)O[C@H]([C@@H](C)CN2CCC(N(C)C)CC2)[C@H](C)/C=C/C(=O)NCC=C1. The van der Waals surface area contributed by atoms with E-state index in [1.165, 1.54) is 17.2 Å². The molecule has 11 nitrogen and oxygen atoms in total. The smallest absolute Gasteiger partial charge is 0.329 e. The Morgan fingerprint density at radius 2 is 1.89 bits per heavy atom. The van der Waals surface area contributed by atoms with Gasteiger partial charge in [0.25, 0.3) is 5.91 Å². The fourth-order valence-corrected chi connectivity index (χ4v) is 6.76. The number of likely N-dealkylation sites (tertiary alicyclic amines) is 1. The van der Waals surface area contributed by atoms with Crippen molar-refractivity contribution in [2.75, 3.05) is 46.8 Å². The molecule has 0 aliphatic carbocycles. The van der Waals surface area contributed by atoms with Gasteiger partial charge in [-0.15, -0.1) is 0 Å². The number of halogens is 1. The number of fused-ring (bicyclic) bond motifs is 3. The van der Waals surface area contributed by atoms with Gasteiger partial charge in [0.05, 0.1) is 12.5 Å². The number of aliphatic hydroxyl groups is 1. The van der Waals surface area contributed by atoms with E-state index in [2.05, 4.69) is 41.1 Å². The van der Waals surface area contributed by atoms with Crippen molar-refractivity contribution in [3.8, 4) is 0 Å². The largest absolute Gasteiger partial charge is 0.460 e. The number of alkyl halides is 1. The van der Waals surface area contributed by atoms with Crippen LogP contribution in [0.5, 0.6) is 0 Å². The average Bonchev–Trinajstić information content (AvgIpc) is 3.70. The van der Waals surface area contributed by atoms with Crippen LogP contribution in [0.3, 0.4) is 0 Å². The van der Waals surface area contributed by atoms with Gasteiger partial charge in [0.15, 0.2) is 11.6 Å². The van der Waals surface area contributed by atoms with E-state index in [9.17, 15) is 23.9 Å². The number of carbonyl (C=O) groups excluding carboxylic acids is 3. The molecule has 3 aliphatic rings. The number of oxazole rings is 1. The number of cyclic esters (lactones) is 1. The van der Waals surface area contributed by atoms with Crippen molar-refractivity contribution in [3.63, 3.8) is 0 Å². The molecule has 47 heavy (non-hydrogen) atoms. The topological polar surface area (TPSA) is 128 Å². The molecule has 260 valence electrons. The third kappa shape index (κ3) is 10.6. The highest BCUT2D eigenvalue weighted by Crippen LogP contribution is 2.27. The van der Waals surface area contributed by atoms with Crippen molar-refractivity contribution in [1.82, 2.24) is 25.0 Å². The van der Waals surface area contributed by atoms with Crippen LogP contribution in [-0.2, 0) is 20.7 Å². The summed E-state index contributed by atoms with van der Waals surface area (Å²) in [6.45, 7) is 9.04. The molecule has 1 aromatic heterocycles. The molecule has 2 amide bonds. The second-order valence-electron chi connectivity index (χ2n) is 13.5. The van der Waals surface area contributed by atoms with Crippen molar-refractivity contribution in [1.29, 1.82) is 0 Å². The number of nitrogens with one attached hydrogen (secondary N) is 1. The monoisotopic (exact) mass is 657 g/mol. The summed E-state index contributed by atoms with van der Waals surface area (Å²) in [5.74, 6) is -1.53. The molecular weight excluding hydrogens is 605 g/mol. The number of rotatable bonds is 4. The first kappa shape index (κ1) is 36.5. The van der Waals surface area contributed by atoms with Gasteiger partial charge >= 0.3 is 5.97 Å². The molecule has 2 N–H and O–H groups in total.